The molecule has 1 amide bonds. The first-order valence-electron chi connectivity index (χ1n) is 7.86. The van der Waals surface area contributed by atoms with Gasteiger partial charge in [-0.3, -0.25) is 4.79 Å². The molecule has 0 radical (unpaired) electrons. The quantitative estimate of drug-likeness (QED) is 0.907. The van der Waals surface area contributed by atoms with Gasteiger partial charge in [-0.2, -0.15) is 0 Å². The molecule has 1 saturated carbocycles. The first-order valence-corrected chi connectivity index (χ1v) is 7.86. The average Bonchev–Trinajstić information content (AvgIpc) is 2.53. The molecule has 116 valence electrons. The fourth-order valence-corrected chi connectivity index (χ4v) is 3.03. The molecule has 0 spiro atoms. The number of hydrogen-bond acceptors (Lipinski definition) is 3. The molecule has 1 aliphatic carbocycles. The Morgan fingerprint density at radius 2 is 2.05 bits per heavy atom. The zero-order valence-electron chi connectivity index (χ0n) is 13.0. The second-order valence-corrected chi connectivity index (χ2v) is 5.80. The fraction of sp³-hybridized carbons (Fsp3) is 0.588. The van der Waals surface area contributed by atoms with Crippen molar-refractivity contribution in [2.45, 2.75) is 51.1 Å². The van der Waals surface area contributed by atoms with Gasteiger partial charge in [-0.15, -0.1) is 0 Å². The van der Waals surface area contributed by atoms with Crippen LogP contribution in [0.2, 0.25) is 0 Å². The highest BCUT2D eigenvalue weighted by Crippen LogP contribution is 2.24. The lowest BCUT2D eigenvalue weighted by molar-refractivity contribution is 0.0626. The number of methoxy groups -OCH3 is 1. The van der Waals surface area contributed by atoms with Crippen molar-refractivity contribution in [1.82, 2.24) is 4.90 Å². The van der Waals surface area contributed by atoms with Crippen molar-refractivity contribution in [1.29, 1.82) is 0 Å². The summed E-state index contributed by atoms with van der Waals surface area (Å²) in [6.07, 6.45) is 5.01. The summed E-state index contributed by atoms with van der Waals surface area (Å²) in [6.45, 7) is 2.91. The molecule has 4 heteroatoms. The van der Waals surface area contributed by atoms with E-state index in [-0.39, 0.29) is 5.91 Å². The molecule has 0 saturated heterocycles. The molecule has 2 rings (SSSR count). The summed E-state index contributed by atoms with van der Waals surface area (Å²) >= 11 is 0. The van der Waals surface area contributed by atoms with E-state index in [2.05, 4.69) is 6.92 Å². The number of nitrogens with zero attached hydrogens (tertiary/aromatic N) is 1. The van der Waals surface area contributed by atoms with Crippen LogP contribution in [0, 0.1) is 0 Å². The van der Waals surface area contributed by atoms with Crippen molar-refractivity contribution in [3.05, 3.63) is 29.8 Å². The minimum Gasteiger partial charge on any atom is -0.497 e. The largest absolute Gasteiger partial charge is 0.497 e. The van der Waals surface area contributed by atoms with E-state index in [1.165, 1.54) is 0 Å². The van der Waals surface area contributed by atoms with Crippen LogP contribution < -0.4 is 10.5 Å². The van der Waals surface area contributed by atoms with Gasteiger partial charge in [-0.25, -0.2) is 0 Å². The molecule has 0 aliphatic heterocycles. The minimum absolute atomic E-state index is 0.108. The maximum atomic E-state index is 12.8. The molecule has 0 aromatic heterocycles. The third-order valence-electron chi connectivity index (χ3n) is 4.22. The summed E-state index contributed by atoms with van der Waals surface area (Å²) in [5, 5.41) is 0. The van der Waals surface area contributed by atoms with Crippen LogP contribution in [0.15, 0.2) is 24.3 Å². The number of benzene rings is 1. The van der Waals surface area contributed by atoms with Gasteiger partial charge in [0.25, 0.3) is 5.91 Å². The van der Waals surface area contributed by atoms with Crippen molar-refractivity contribution in [3.63, 3.8) is 0 Å². The van der Waals surface area contributed by atoms with Crippen LogP contribution in [0.5, 0.6) is 5.75 Å². The predicted octanol–water partition coefficient (Wildman–Crippen LogP) is 2.82. The SMILES string of the molecule is CCCN(C(=O)c1cccc(OC)c1)C1CCC(N)CC1. The van der Waals surface area contributed by atoms with E-state index in [0.717, 1.165) is 44.4 Å². The molecule has 1 fully saturated rings. The first-order chi connectivity index (χ1) is 10.2. The van der Waals surface area contributed by atoms with Gasteiger partial charge in [0.2, 0.25) is 0 Å². The summed E-state index contributed by atoms with van der Waals surface area (Å²) in [6, 6.07) is 8.04. The summed E-state index contributed by atoms with van der Waals surface area (Å²) < 4.78 is 5.22. The summed E-state index contributed by atoms with van der Waals surface area (Å²) in [7, 11) is 1.62. The molecule has 1 aliphatic rings. The van der Waals surface area contributed by atoms with Gasteiger partial charge in [-0.05, 0) is 50.3 Å². The zero-order chi connectivity index (χ0) is 15.2. The third kappa shape index (κ3) is 3.97. The molecular formula is C17H26N2O2. The number of nitrogens with two attached hydrogens (primary N) is 1. The Balaban J connectivity index is 2.14. The maximum absolute atomic E-state index is 12.8. The summed E-state index contributed by atoms with van der Waals surface area (Å²) in [4.78, 5) is 14.9. The lowest BCUT2D eigenvalue weighted by Crippen LogP contribution is -2.44. The van der Waals surface area contributed by atoms with E-state index in [9.17, 15) is 4.79 Å². The standard InChI is InChI=1S/C17H26N2O2/c1-3-11-19(15-9-7-14(18)8-10-15)17(20)13-5-4-6-16(12-13)21-2/h4-6,12,14-15H,3,7-11,18H2,1-2H3. The Morgan fingerprint density at radius 1 is 1.33 bits per heavy atom. The van der Waals surface area contributed by atoms with Crippen LogP contribution in [0.1, 0.15) is 49.4 Å². The van der Waals surface area contributed by atoms with Gasteiger partial charge >= 0.3 is 0 Å². The predicted molar refractivity (Wildman–Crippen MR) is 84.6 cm³/mol. The van der Waals surface area contributed by atoms with Crippen LogP contribution >= 0.6 is 0 Å². The van der Waals surface area contributed by atoms with Crippen molar-refractivity contribution in [3.8, 4) is 5.75 Å². The number of rotatable bonds is 5. The smallest absolute Gasteiger partial charge is 0.254 e. The minimum atomic E-state index is 0.108. The van der Waals surface area contributed by atoms with Gasteiger partial charge in [0, 0.05) is 24.2 Å². The maximum Gasteiger partial charge on any atom is 0.254 e. The number of carbonyl (C=O) groups is 1. The molecule has 1 aromatic rings. The van der Waals surface area contributed by atoms with Crippen LogP contribution in [-0.2, 0) is 0 Å². The molecule has 0 unspecified atom stereocenters. The molecule has 2 N–H and O–H groups in total. The lowest BCUT2D eigenvalue weighted by Gasteiger charge is -2.36. The van der Waals surface area contributed by atoms with Crippen molar-refractivity contribution in [2.24, 2.45) is 5.73 Å². The number of hydrogen-bond donors (Lipinski definition) is 1. The first kappa shape index (κ1) is 15.8. The fourth-order valence-electron chi connectivity index (χ4n) is 3.03. The Bertz CT molecular complexity index is 468. The molecule has 1 aromatic carbocycles. The zero-order valence-corrected chi connectivity index (χ0v) is 13.0. The van der Waals surface area contributed by atoms with E-state index in [0.29, 0.717) is 17.6 Å². The summed E-state index contributed by atoms with van der Waals surface area (Å²) in [5.74, 6) is 0.833. The van der Waals surface area contributed by atoms with Crippen LogP contribution in [0.25, 0.3) is 0 Å². The molecule has 0 heterocycles. The monoisotopic (exact) mass is 290 g/mol. The lowest BCUT2D eigenvalue weighted by atomic mass is 9.90. The van der Waals surface area contributed by atoms with Crippen LogP contribution in [0.4, 0.5) is 0 Å². The van der Waals surface area contributed by atoms with E-state index >= 15 is 0 Å². The van der Waals surface area contributed by atoms with E-state index < -0.39 is 0 Å². The number of ether oxygens (including phenoxy) is 1. The summed E-state index contributed by atoms with van der Waals surface area (Å²) in [5.41, 5.74) is 6.68. The molecule has 21 heavy (non-hydrogen) atoms. The van der Waals surface area contributed by atoms with Crippen molar-refractivity contribution in [2.75, 3.05) is 13.7 Å². The Kier molecular flexibility index (Phi) is 5.62. The van der Waals surface area contributed by atoms with Gasteiger partial charge in [0.15, 0.2) is 0 Å². The number of carbonyl (C=O) groups excluding carboxylic acids is 1. The van der Waals surface area contributed by atoms with Gasteiger partial charge < -0.3 is 15.4 Å². The van der Waals surface area contributed by atoms with Crippen LogP contribution in [-0.4, -0.2) is 36.5 Å². The highest BCUT2D eigenvalue weighted by atomic mass is 16.5. The average molecular weight is 290 g/mol. The van der Waals surface area contributed by atoms with Gasteiger partial charge in [-0.1, -0.05) is 13.0 Å². The normalized spacial score (nSPS) is 21.9. The van der Waals surface area contributed by atoms with E-state index in [1.54, 1.807) is 7.11 Å². The molecule has 0 bridgehead atoms. The topological polar surface area (TPSA) is 55.6 Å². The second kappa shape index (κ2) is 7.46. The second-order valence-electron chi connectivity index (χ2n) is 5.80. The number of amides is 1. The van der Waals surface area contributed by atoms with Crippen LogP contribution in [0.3, 0.4) is 0 Å². The van der Waals surface area contributed by atoms with Gasteiger partial charge in [0.05, 0.1) is 7.11 Å². The molecular weight excluding hydrogens is 264 g/mol. The highest BCUT2D eigenvalue weighted by molar-refractivity contribution is 5.94. The Morgan fingerprint density at radius 3 is 2.67 bits per heavy atom. The Labute approximate surface area is 127 Å². The van der Waals surface area contributed by atoms with Crippen molar-refractivity contribution < 1.29 is 9.53 Å². The van der Waals surface area contributed by atoms with Gasteiger partial charge in [0.1, 0.15) is 5.75 Å². The third-order valence-corrected chi connectivity index (χ3v) is 4.22. The van der Waals surface area contributed by atoms with E-state index in [4.69, 9.17) is 10.5 Å². The van der Waals surface area contributed by atoms with E-state index in [1.807, 2.05) is 29.2 Å². The Hall–Kier alpha value is -1.55. The molecule has 0 atom stereocenters. The van der Waals surface area contributed by atoms with Crippen molar-refractivity contribution >= 4 is 5.91 Å². The molecule has 4 nitrogen and oxygen atoms in total. The highest BCUT2D eigenvalue weighted by Gasteiger charge is 2.27.